The summed E-state index contributed by atoms with van der Waals surface area (Å²) < 4.78 is 0. The highest BCUT2D eigenvalue weighted by Crippen LogP contribution is 2.16. The van der Waals surface area contributed by atoms with E-state index in [1.807, 2.05) is 0 Å². The molecule has 29 heavy (non-hydrogen) atoms. The van der Waals surface area contributed by atoms with Crippen LogP contribution in [0.4, 0.5) is 0 Å². The summed E-state index contributed by atoms with van der Waals surface area (Å²) in [5.41, 5.74) is 0. The molecular weight excluding hydrogens is 348 g/mol. The molecule has 1 unspecified atom stereocenters. The summed E-state index contributed by atoms with van der Waals surface area (Å²) in [4.78, 5) is 0. The summed E-state index contributed by atoms with van der Waals surface area (Å²) >= 11 is 0. The third kappa shape index (κ3) is 35.8. The molecule has 0 bridgehead atoms. The molecule has 180 valence electrons. The largest absolute Gasteiger partial charge is 0.0654 e. The van der Waals surface area contributed by atoms with E-state index in [1.54, 1.807) is 0 Å². The Labute approximate surface area is 189 Å². The number of unbranched alkanes of at least 4 members (excludes halogenated alkanes) is 1. The summed E-state index contributed by atoms with van der Waals surface area (Å²) in [5, 5.41) is 0. The van der Waals surface area contributed by atoms with E-state index in [2.05, 4.69) is 76.2 Å². The lowest BCUT2D eigenvalue weighted by Crippen LogP contribution is -1.95. The van der Waals surface area contributed by atoms with Crippen molar-refractivity contribution in [3.63, 3.8) is 0 Å². The maximum absolute atomic E-state index is 2.38. The van der Waals surface area contributed by atoms with Crippen molar-refractivity contribution in [1.82, 2.24) is 0 Å². The maximum Gasteiger partial charge on any atom is -0.0420 e. The van der Waals surface area contributed by atoms with Crippen LogP contribution in [-0.2, 0) is 0 Å². The predicted molar refractivity (Wildman–Crippen MR) is 140 cm³/mol. The second kappa shape index (κ2) is 26.0. The van der Waals surface area contributed by atoms with E-state index in [0.29, 0.717) is 0 Å². The maximum atomic E-state index is 2.38. The Morgan fingerprint density at radius 1 is 0.414 bits per heavy atom. The van der Waals surface area contributed by atoms with Crippen molar-refractivity contribution in [1.29, 1.82) is 0 Å². The molecule has 0 heteroatoms. The number of hydrogen-bond donors (Lipinski definition) is 0. The van der Waals surface area contributed by atoms with Crippen LogP contribution >= 0.6 is 0 Å². The van der Waals surface area contributed by atoms with Gasteiger partial charge in [-0.25, -0.2) is 0 Å². The Hall–Kier alpha value is 0. The highest BCUT2D eigenvalue weighted by atomic mass is 14.1. The van der Waals surface area contributed by atoms with E-state index >= 15 is 0 Å². The Morgan fingerprint density at radius 2 is 0.828 bits per heavy atom. The highest BCUT2D eigenvalue weighted by Gasteiger charge is 2.01. The van der Waals surface area contributed by atoms with Gasteiger partial charge in [0.15, 0.2) is 0 Å². The highest BCUT2D eigenvalue weighted by molar-refractivity contribution is 4.54. The molecule has 0 aliphatic heterocycles. The van der Waals surface area contributed by atoms with Gasteiger partial charge in [0.2, 0.25) is 0 Å². The number of rotatable bonds is 15. The molecule has 0 nitrogen and oxygen atoms in total. The lowest BCUT2D eigenvalue weighted by Gasteiger charge is -2.10. The fourth-order valence-electron chi connectivity index (χ4n) is 3.64. The van der Waals surface area contributed by atoms with Crippen LogP contribution in [0.1, 0.15) is 160 Å². The normalized spacial score (nSPS) is 12.1. The second-order valence-electron chi connectivity index (χ2n) is 10.8. The topological polar surface area (TPSA) is 0 Å². The lowest BCUT2D eigenvalue weighted by molar-refractivity contribution is 0.433. The van der Waals surface area contributed by atoms with Crippen LogP contribution < -0.4 is 0 Å². The molecule has 0 heterocycles. The smallest absolute Gasteiger partial charge is 0.0420 e. The van der Waals surface area contributed by atoms with Crippen molar-refractivity contribution in [2.24, 2.45) is 29.6 Å². The molecule has 1 atom stereocenters. The van der Waals surface area contributed by atoms with Crippen molar-refractivity contribution in [2.75, 3.05) is 0 Å². The van der Waals surface area contributed by atoms with Crippen LogP contribution in [0.15, 0.2) is 0 Å². The molecular formula is C29H64. The minimum atomic E-state index is 0.892. The van der Waals surface area contributed by atoms with Crippen molar-refractivity contribution >= 4 is 0 Å². The second-order valence-corrected chi connectivity index (χ2v) is 10.8. The fourth-order valence-corrected chi connectivity index (χ4v) is 3.64. The monoisotopic (exact) mass is 413 g/mol. The molecule has 0 aromatic rings. The van der Waals surface area contributed by atoms with Gasteiger partial charge < -0.3 is 0 Å². The van der Waals surface area contributed by atoms with Gasteiger partial charge in [0.25, 0.3) is 0 Å². The van der Waals surface area contributed by atoms with E-state index in [-0.39, 0.29) is 0 Å². The van der Waals surface area contributed by atoms with Crippen LogP contribution in [0.2, 0.25) is 0 Å². The van der Waals surface area contributed by atoms with Crippen LogP contribution in [0.25, 0.3) is 0 Å². The minimum absolute atomic E-state index is 0.892. The van der Waals surface area contributed by atoms with Crippen LogP contribution in [0.3, 0.4) is 0 Å². The average Bonchev–Trinajstić information content (AvgIpc) is 2.63. The molecule has 0 aromatic carbocycles. The third-order valence-corrected chi connectivity index (χ3v) is 5.94. The molecule has 0 aliphatic rings. The summed E-state index contributed by atoms with van der Waals surface area (Å²) in [5.74, 6) is 4.64. The Kier molecular flexibility index (Phi) is 30.2. The van der Waals surface area contributed by atoms with E-state index in [4.69, 9.17) is 0 Å². The first-order valence-electron chi connectivity index (χ1n) is 13.6. The Bertz CT molecular complexity index is 251. The Morgan fingerprint density at radius 3 is 1.14 bits per heavy atom. The predicted octanol–water partition coefficient (Wildman–Crippen LogP) is 11.3. The Balaban J connectivity index is -0.000000352. The molecule has 0 radical (unpaired) electrons. The summed E-state index contributed by atoms with van der Waals surface area (Å²) in [6.07, 6.45) is 18.2. The lowest BCUT2D eigenvalue weighted by atomic mass is 9.96. The van der Waals surface area contributed by atoms with Gasteiger partial charge >= 0.3 is 0 Å². The van der Waals surface area contributed by atoms with Gasteiger partial charge in [-0.3, -0.25) is 0 Å². The molecule has 0 aromatic heterocycles. The first-order chi connectivity index (χ1) is 13.6. The summed E-state index contributed by atoms with van der Waals surface area (Å²) in [6.45, 7) is 25.3. The molecule has 0 rings (SSSR count). The SMILES string of the molecule is CC(C)CCCC(C)C.CCCC(C)CCCC(C)C.CCCCC(CC)CC. The van der Waals surface area contributed by atoms with Crippen LogP contribution in [0, 0.1) is 29.6 Å². The minimum Gasteiger partial charge on any atom is -0.0654 e. The quantitative estimate of drug-likeness (QED) is 0.251. The fraction of sp³-hybridized carbons (Fsp3) is 1.00. The van der Waals surface area contributed by atoms with E-state index in [9.17, 15) is 0 Å². The molecule has 0 amide bonds. The third-order valence-electron chi connectivity index (χ3n) is 5.94. The van der Waals surface area contributed by atoms with Gasteiger partial charge in [-0.15, -0.1) is 0 Å². The van der Waals surface area contributed by atoms with Crippen molar-refractivity contribution in [2.45, 2.75) is 160 Å². The standard InChI is InChI=1S/C11H24.2C9H20/c1-5-7-11(4)9-6-8-10(2)3;1-8(2)6-5-7-9(3)4;1-4-7-8-9(5-2)6-3/h10-11H,5-9H2,1-4H3;8-9H,5-7H2,1-4H3;9H,4-8H2,1-3H3. The summed E-state index contributed by atoms with van der Waals surface area (Å²) in [6, 6.07) is 0. The molecule has 0 aliphatic carbocycles. The summed E-state index contributed by atoms with van der Waals surface area (Å²) in [7, 11) is 0. The van der Waals surface area contributed by atoms with Gasteiger partial charge in [-0.1, -0.05) is 160 Å². The van der Waals surface area contributed by atoms with E-state index in [0.717, 1.165) is 29.6 Å². The molecule has 0 N–H and O–H groups in total. The zero-order valence-electron chi connectivity index (χ0n) is 23.1. The van der Waals surface area contributed by atoms with Gasteiger partial charge in [0.1, 0.15) is 0 Å². The molecule has 0 saturated carbocycles. The van der Waals surface area contributed by atoms with Crippen LogP contribution in [-0.4, -0.2) is 0 Å². The van der Waals surface area contributed by atoms with Gasteiger partial charge in [0, 0.05) is 0 Å². The molecule has 0 spiro atoms. The average molecular weight is 413 g/mol. The van der Waals surface area contributed by atoms with E-state index < -0.39 is 0 Å². The van der Waals surface area contributed by atoms with Gasteiger partial charge in [-0.2, -0.15) is 0 Å². The van der Waals surface area contributed by atoms with Gasteiger partial charge in [0.05, 0.1) is 0 Å². The van der Waals surface area contributed by atoms with Crippen molar-refractivity contribution in [3.8, 4) is 0 Å². The molecule has 0 saturated heterocycles. The zero-order chi connectivity index (χ0) is 23.1. The molecule has 0 fully saturated rings. The van der Waals surface area contributed by atoms with Gasteiger partial charge in [-0.05, 0) is 29.6 Å². The van der Waals surface area contributed by atoms with Crippen molar-refractivity contribution in [3.05, 3.63) is 0 Å². The first kappa shape index (κ1) is 33.6. The van der Waals surface area contributed by atoms with Crippen LogP contribution in [0.5, 0.6) is 0 Å². The number of hydrogen-bond acceptors (Lipinski definition) is 0. The van der Waals surface area contributed by atoms with Crippen molar-refractivity contribution < 1.29 is 0 Å². The zero-order valence-corrected chi connectivity index (χ0v) is 23.1. The van der Waals surface area contributed by atoms with E-state index in [1.165, 1.54) is 83.5 Å². The first-order valence-corrected chi connectivity index (χ1v) is 13.6.